The van der Waals surface area contributed by atoms with Crippen LogP contribution < -0.4 is 10.7 Å². The Hall–Kier alpha value is -2.17. The summed E-state index contributed by atoms with van der Waals surface area (Å²) in [5.41, 5.74) is 5.15. The summed E-state index contributed by atoms with van der Waals surface area (Å²) in [4.78, 5) is 23.8. The predicted octanol–water partition coefficient (Wildman–Crippen LogP) is 3.40. The lowest BCUT2D eigenvalue weighted by Gasteiger charge is -2.35. The maximum absolute atomic E-state index is 11.9. The number of carbonyl (C=O) groups is 2. The van der Waals surface area contributed by atoms with Crippen molar-refractivity contribution in [1.82, 2.24) is 5.43 Å². The SMILES string of the molecule is Cc1ccc(NC(=O)C(=O)N/N=C2/CC[C@@H]3CCCC[C@@H]3C2)cc1. The summed E-state index contributed by atoms with van der Waals surface area (Å²) in [6.07, 6.45) is 8.32. The van der Waals surface area contributed by atoms with Crippen LogP contribution in [0.25, 0.3) is 0 Å². The normalized spacial score (nSPS) is 25.0. The minimum atomic E-state index is -0.714. The smallest absolute Gasteiger partial charge is 0.318 e. The van der Waals surface area contributed by atoms with Gasteiger partial charge in [-0.05, 0) is 56.6 Å². The number of amides is 2. The van der Waals surface area contributed by atoms with Crippen molar-refractivity contribution in [2.45, 2.75) is 51.9 Å². The van der Waals surface area contributed by atoms with E-state index in [1.165, 1.54) is 25.7 Å². The van der Waals surface area contributed by atoms with Crippen LogP contribution in [0.4, 0.5) is 5.69 Å². The molecule has 0 heterocycles. The number of aryl methyl sites for hydroxylation is 1. The van der Waals surface area contributed by atoms with Crippen molar-refractivity contribution < 1.29 is 9.59 Å². The number of carbonyl (C=O) groups excluding carboxylic acids is 2. The lowest BCUT2D eigenvalue weighted by molar-refractivity contribution is -0.136. The monoisotopic (exact) mass is 327 g/mol. The Labute approximate surface area is 142 Å². The molecule has 2 amide bonds. The third-order valence-electron chi connectivity index (χ3n) is 5.20. The molecule has 0 spiro atoms. The molecule has 0 saturated heterocycles. The summed E-state index contributed by atoms with van der Waals surface area (Å²) in [6.45, 7) is 1.97. The van der Waals surface area contributed by atoms with Gasteiger partial charge >= 0.3 is 11.8 Å². The highest BCUT2D eigenvalue weighted by Crippen LogP contribution is 2.39. The van der Waals surface area contributed by atoms with Crippen LogP contribution in [0, 0.1) is 18.8 Å². The number of nitrogens with zero attached hydrogens (tertiary/aromatic N) is 1. The summed E-state index contributed by atoms with van der Waals surface area (Å²) in [7, 11) is 0. The van der Waals surface area contributed by atoms with Crippen LogP contribution in [0.2, 0.25) is 0 Å². The molecular weight excluding hydrogens is 302 g/mol. The minimum Gasteiger partial charge on any atom is -0.318 e. The fourth-order valence-electron chi connectivity index (χ4n) is 3.80. The molecule has 0 radical (unpaired) electrons. The highest BCUT2D eigenvalue weighted by atomic mass is 16.2. The van der Waals surface area contributed by atoms with Crippen molar-refractivity contribution in [3.8, 4) is 0 Å². The first-order valence-electron chi connectivity index (χ1n) is 8.85. The average Bonchev–Trinajstić information content (AvgIpc) is 2.61. The van der Waals surface area contributed by atoms with E-state index in [2.05, 4.69) is 15.8 Å². The zero-order valence-electron chi connectivity index (χ0n) is 14.2. The third kappa shape index (κ3) is 4.22. The van der Waals surface area contributed by atoms with Crippen molar-refractivity contribution in [3.05, 3.63) is 29.8 Å². The van der Waals surface area contributed by atoms with Crippen molar-refractivity contribution in [2.24, 2.45) is 16.9 Å². The van der Waals surface area contributed by atoms with Gasteiger partial charge in [-0.25, -0.2) is 5.43 Å². The summed E-state index contributed by atoms with van der Waals surface area (Å²) >= 11 is 0. The molecule has 128 valence electrons. The molecule has 0 unspecified atom stereocenters. The minimum absolute atomic E-state index is 0.608. The van der Waals surface area contributed by atoms with Crippen molar-refractivity contribution in [2.75, 3.05) is 5.32 Å². The number of rotatable bonds is 2. The van der Waals surface area contributed by atoms with E-state index < -0.39 is 11.8 Å². The van der Waals surface area contributed by atoms with Crippen LogP contribution in [-0.4, -0.2) is 17.5 Å². The maximum Gasteiger partial charge on any atom is 0.329 e. The molecule has 2 aliphatic carbocycles. The molecule has 1 aromatic carbocycles. The number of nitrogens with one attached hydrogen (secondary N) is 2. The molecule has 1 aromatic rings. The van der Waals surface area contributed by atoms with Gasteiger partial charge in [0.05, 0.1) is 0 Å². The fourth-order valence-corrected chi connectivity index (χ4v) is 3.80. The van der Waals surface area contributed by atoms with Gasteiger partial charge in [-0.1, -0.05) is 37.0 Å². The van der Waals surface area contributed by atoms with E-state index in [0.29, 0.717) is 11.6 Å². The standard InChI is InChI=1S/C19H25N3O2/c1-13-6-9-16(10-7-13)20-18(23)19(24)22-21-17-11-8-14-4-2-3-5-15(14)12-17/h6-7,9-10,14-15H,2-5,8,11-12H2,1H3,(H,20,23)(H,22,24)/b21-17-/t14-,15+/m0/s1. The summed E-state index contributed by atoms with van der Waals surface area (Å²) in [5.74, 6) is 0.145. The van der Waals surface area contributed by atoms with Crippen LogP contribution >= 0.6 is 0 Å². The number of anilines is 1. The van der Waals surface area contributed by atoms with E-state index in [0.717, 1.165) is 36.5 Å². The molecule has 5 nitrogen and oxygen atoms in total. The van der Waals surface area contributed by atoms with Crippen LogP contribution in [-0.2, 0) is 9.59 Å². The second kappa shape index (κ2) is 7.60. The van der Waals surface area contributed by atoms with Gasteiger partial charge in [0.2, 0.25) is 0 Å². The van der Waals surface area contributed by atoms with Gasteiger partial charge < -0.3 is 5.32 Å². The Morgan fingerprint density at radius 1 is 1.00 bits per heavy atom. The first kappa shape index (κ1) is 16.7. The number of benzene rings is 1. The first-order chi connectivity index (χ1) is 11.6. The predicted molar refractivity (Wildman–Crippen MR) is 94.7 cm³/mol. The molecular formula is C19H25N3O2. The van der Waals surface area contributed by atoms with Crippen LogP contribution in [0.1, 0.15) is 50.5 Å². The zero-order valence-corrected chi connectivity index (χ0v) is 14.2. The fraction of sp³-hybridized carbons (Fsp3) is 0.526. The lowest BCUT2D eigenvalue weighted by Crippen LogP contribution is -2.34. The highest BCUT2D eigenvalue weighted by molar-refractivity contribution is 6.39. The Morgan fingerprint density at radius 2 is 1.71 bits per heavy atom. The molecule has 5 heteroatoms. The van der Waals surface area contributed by atoms with Crippen molar-refractivity contribution in [1.29, 1.82) is 0 Å². The van der Waals surface area contributed by atoms with Crippen LogP contribution in [0.15, 0.2) is 29.4 Å². The molecule has 0 bridgehead atoms. The second-order valence-electron chi connectivity index (χ2n) is 6.99. The molecule has 2 fully saturated rings. The van der Waals surface area contributed by atoms with Crippen molar-refractivity contribution in [3.63, 3.8) is 0 Å². The molecule has 2 atom stereocenters. The van der Waals surface area contributed by atoms with E-state index in [1.54, 1.807) is 12.1 Å². The van der Waals surface area contributed by atoms with E-state index >= 15 is 0 Å². The summed E-state index contributed by atoms with van der Waals surface area (Å²) in [5, 5.41) is 6.79. The highest BCUT2D eigenvalue weighted by Gasteiger charge is 2.30. The molecule has 0 aromatic heterocycles. The number of hydrogen-bond acceptors (Lipinski definition) is 3. The number of hydrazone groups is 1. The topological polar surface area (TPSA) is 70.6 Å². The Bertz CT molecular complexity index is 637. The van der Waals surface area contributed by atoms with E-state index in [4.69, 9.17) is 0 Å². The second-order valence-corrected chi connectivity index (χ2v) is 6.99. The summed E-state index contributed by atoms with van der Waals surface area (Å²) in [6, 6.07) is 7.32. The van der Waals surface area contributed by atoms with Crippen LogP contribution in [0.3, 0.4) is 0 Å². The van der Waals surface area contributed by atoms with Gasteiger partial charge in [-0.3, -0.25) is 9.59 Å². The Kier molecular flexibility index (Phi) is 5.28. The van der Waals surface area contributed by atoms with Gasteiger partial charge in [0.25, 0.3) is 0 Å². The Balaban J connectivity index is 1.50. The van der Waals surface area contributed by atoms with Gasteiger partial charge in [-0.15, -0.1) is 0 Å². The summed E-state index contributed by atoms with van der Waals surface area (Å²) < 4.78 is 0. The van der Waals surface area contributed by atoms with Crippen molar-refractivity contribution >= 4 is 23.2 Å². The molecule has 2 saturated carbocycles. The Morgan fingerprint density at radius 3 is 2.46 bits per heavy atom. The zero-order chi connectivity index (χ0) is 16.9. The lowest BCUT2D eigenvalue weighted by atomic mass is 9.70. The number of fused-ring (bicyclic) bond motifs is 1. The first-order valence-corrected chi connectivity index (χ1v) is 8.85. The van der Waals surface area contributed by atoms with Gasteiger partial charge in [0, 0.05) is 11.4 Å². The van der Waals surface area contributed by atoms with Crippen LogP contribution in [0.5, 0.6) is 0 Å². The molecule has 2 N–H and O–H groups in total. The molecule has 24 heavy (non-hydrogen) atoms. The average molecular weight is 327 g/mol. The third-order valence-corrected chi connectivity index (χ3v) is 5.20. The quantitative estimate of drug-likeness (QED) is 0.645. The molecule has 3 rings (SSSR count). The largest absolute Gasteiger partial charge is 0.329 e. The maximum atomic E-state index is 11.9. The van der Waals surface area contributed by atoms with Gasteiger partial charge in [0.1, 0.15) is 0 Å². The molecule has 0 aliphatic heterocycles. The van der Waals surface area contributed by atoms with E-state index in [1.807, 2.05) is 19.1 Å². The van der Waals surface area contributed by atoms with Gasteiger partial charge in [0.15, 0.2) is 0 Å². The van der Waals surface area contributed by atoms with E-state index in [-0.39, 0.29) is 0 Å². The van der Waals surface area contributed by atoms with Gasteiger partial charge in [-0.2, -0.15) is 5.10 Å². The number of hydrogen-bond donors (Lipinski definition) is 2. The van der Waals surface area contributed by atoms with E-state index in [9.17, 15) is 9.59 Å². The molecule has 2 aliphatic rings.